The van der Waals surface area contributed by atoms with Crippen LogP contribution in [-0.2, 0) is 0 Å². The molecule has 2 aromatic rings. The summed E-state index contributed by atoms with van der Waals surface area (Å²) in [6, 6.07) is 15.1. The molecule has 0 fully saturated rings. The van der Waals surface area contributed by atoms with E-state index in [0.29, 0.717) is 5.56 Å². The summed E-state index contributed by atoms with van der Waals surface area (Å²) in [7, 11) is 4.04. The minimum atomic E-state index is -0.903. The van der Waals surface area contributed by atoms with Crippen molar-refractivity contribution in [1.29, 1.82) is 0 Å². The second kappa shape index (κ2) is 7.49. The molecule has 0 aliphatic heterocycles. The fraction of sp³-hybridized carbons (Fsp3) is 0.211. The van der Waals surface area contributed by atoms with E-state index in [1.165, 1.54) is 11.3 Å². The van der Waals surface area contributed by atoms with Crippen molar-refractivity contribution in [3.8, 4) is 0 Å². The quantitative estimate of drug-likeness (QED) is 0.848. The molecule has 0 spiro atoms. The zero-order valence-electron chi connectivity index (χ0n) is 13.7. The predicted molar refractivity (Wildman–Crippen MR) is 96.3 cm³/mol. The van der Waals surface area contributed by atoms with Gasteiger partial charge in [-0.3, -0.25) is 0 Å². The summed E-state index contributed by atoms with van der Waals surface area (Å²) in [6.07, 6.45) is 2.05. The molecule has 0 bridgehead atoms. The van der Waals surface area contributed by atoms with Gasteiger partial charge in [0.25, 0.3) is 0 Å². The minimum Gasteiger partial charge on any atom is -0.478 e. The summed E-state index contributed by atoms with van der Waals surface area (Å²) in [5, 5.41) is 12.3. The summed E-state index contributed by atoms with van der Waals surface area (Å²) in [6.45, 7) is 2.79. The number of nitrogens with one attached hydrogen (secondary N) is 1. The van der Waals surface area contributed by atoms with Crippen molar-refractivity contribution < 1.29 is 9.90 Å². The van der Waals surface area contributed by atoms with Gasteiger partial charge in [0.15, 0.2) is 0 Å². The molecule has 4 heteroatoms. The number of rotatable bonds is 6. The molecule has 0 radical (unpaired) electrons. The Morgan fingerprint density at radius 1 is 1.09 bits per heavy atom. The van der Waals surface area contributed by atoms with E-state index in [1.807, 2.05) is 39.2 Å². The fourth-order valence-electron chi connectivity index (χ4n) is 2.18. The number of anilines is 2. The summed E-state index contributed by atoms with van der Waals surface area (Å²) in [5.41, 5.74) is 4.71. The lowest BCUT2D eigenvalue weighted by Crippen LogP contribution is -2.08. The lowest BCUT2D eigenvalue weighted by molar-refractivity contribution is 0.0697. The molecule has 0 amide bonds. The van der Waals surface area contributed by atoms with Crippen LogP contribution in [0, 0.1) is 0 Å². The van der Waals surface area contributed by atoms with Crippen molar-refractivity contribution in [2.45, 2.75) is 6.92 Å². The average molecular weight is 310 g/mol. The van der Waals surface area contributed by atoms with Gasteiger partial charge in [-0.15, -0.1) is 0 Å². The van der Waals surface area contributed by atoms with Crippen LogP contribution in [0.2, 0.25) is 0 Å². The SMILES string of the molecule is CC(=Cc1ccc(C(=O)O)cc1)CNc1ccc(N(C)C)cc1. The smallest absolute Gasteiger partial charge is 0.335 e. The van der Waals surface area contributed by atoms with Crippen LogP contribution in [0.5, 0.6) is 0 Å². The Morgan fingerprint density at radius 3 is 2.22 bits per heavy atom. The summed E-state index contributed by atoms with van der Waals surface area (Å²) in [4.78, 5) is 12.9. The van der Waals surface area contributed by atoms with E-state index in [2.05, 4.69) is 34.5 Å². The third kappa shape index (κ3) is 4.88. The molecular weight excluding hydrogens is 288 g/mol. The molecular formula is C19H22N2O2. The highest BCUT2D eigenvalue weighted by Gasteiger charge is 2.01. The topological polar surface area (TPSA) is 52.6 Å². The molecule has 0 atom stereocenters. The number of benzene rings is 2. The molecule has 0 unspecified atom stereocenters. The Labute approximate surface area is 137 Å². The van der Waals surface area contributed by atoms with Gasteiger partial charge in [-0.1, -0.05) is 23.8 Å². The summed E-state index contributed by atoms with van der Waals surface area (Å²) in [5.74, 6) is -0.903. The predicted octanol–water partition coefficient (Wildman–Crippen LogP) is 3.97. The summed E-state index contributed by atoms with van der Waals surface area (Å²) < 4.78 is 0. The van der Waals surface area contributed by atoms with E-state index in [9.17, 15) is 4.79 Å². The van der Waals surface area contributed by atoms with Gasteiger partial charge in [0.1, 0.15) is 0 Å². The lowest BCUT2D eigenvalue weighted by Gasteiger charge is -2.13. The fourth-order valence-corrected chi connectivity index (χ4v) is 2.18. The van der Waals surface area contributed by atoms with Gasteiger partial charge in [-0.05, 0) is 48.9 Å². The van der Waals surface area contributed by atoms with Gasteiger partial charge in [0.05, 0.1) is 5.56 Å². The van der Waals surface area contributed by atoms with Crippen molar-refractivity contribution in [2.24, 2.45) is 0 Å². The number of hydrogen-bond donors (Lipinski definition) is 2. The normalized spacial score (nSPS) is 11.2. The van der Waals surface area contributed by atoms with Crippen molar-refractivity contribution >= 4 is 23.4 Å². The average Bonchev–Trinajstić information content (AvgIpc) is 2.54. The van der Waals surface area contributed by atoms with E-state index in [4.69, 9.17) is 5.11 Å². The van der Waals surface area contributed by atoms with E-state index < -0.39 is 5.97 Å². The number of carboxylic acid groups (broad SMARTS) is 1. The van der Waals surface area contributed by atoms with Gasteiger partial charge in [-0.25, -0.2) is 4.79 Å². The van der Waals surface area contributed by atoms with Gasteiger partial charge < -0.3 is 15.3 Å². The molecule has 2 aromatic carbocycles. The zero-order chi connectivity index (χ0) is 16.8. The van der Waals surface area contributed by atoms with Gasteiger partial charge in [0.2, 0.25) is 0 Å². The van der Waals surface area contributed by atoms with E-state index in [1.54, 1.807) is 12.1 Å². The first-order valence-corrected chi connectivity index (χ1v) is 7.47. The molecule has 0 aromatic heterocycles. The van der Waals surface area contributed by atoms with Crippen LogP contribution in [0.3, 0.4) is 0 Å². The van der Waals surface area contributed by atoms with E-state index in [0.717, 1.165) is 17.8 Å². The molecule has 2 rings (SSSR count). The zero-order valence-corrected chi connectivity index (χ0v) is 13.7. The number of hydrogen-bond acceptors (Lipinski definition) is 3. The monoisotopic (exact) mass is 310 g/mol. The molecule has 2 N–H and O–H groups in total. The van der Waals surface area contributed by atoms with Crippen LogP contribution in [-0.4, -0.2) is 31.7 Å². The highest BCUT2D eigenvalue weighted by Crippen LogP contribution is 2.16. The molecule has 4 nitrogen and oxygen atoms in total. The van der Waals surface area contributed by atoms with Crippen LogP contribution < -0.4 is 10.2 Å². The maximum atomic E-state index is 10.8. The molecule has 0 heterocycles. The van der Waals surface area contributed by atoms with Crippen LogP contribution in [0.1, 0.15) is 22.8 Å². The molecule has 0 aliphatic rings. The second-order valence-corrected chi connectivity index (χ2v) is 5.71. The first-order chi connectivity index (χ1) is 11.0. The minimum absolute atomic E-state index is 0.305. The van der Waals surface area contributed by atoms with E-state index in [-0.39, 0.29) is 0 Å². The van der Waals surface area contributed by atoms with Crippen LogP contribution in [0.15, 0.2) is 54.1 Å². The van der Waals surface area contributed by atoms with Gasteiger partial charge in [-0.2, -0.15) is 0 Å². The third-order valence-corrected chi connectivity index (χ3v) is 3.53. The number of nitrogens with zero attached hydrogens (tertiary/aromatic N) is 1. The first-order valence-electron chi connectivity index (χ1n) is 7.47. The Kier molecular flexibility index (Phi) is 5.41. The van der Waals surface area contributed by atoms with Crippen LogP contribution in [0.25, 0.3) is 6.08 Å². The number of aromatic carboxylic acids is 1. The maximum Gasteiger partial charge on any atom is 0.335 e. The van der Waals surface area contributed by atoms with Crippen molar-refractivity contribution in [3.05, 3.63) is 65.2 Å². The van der Waals surface area contributed by atoms with Crippen LogP contribution >= 0.6 is 0 Å². The Morgan fingerprint density at radius 2 is 1.70 bits per heavy atom. The Balaban J connectivity index is 1.95. The second-order valence-electron chi connectivity index (χ2n) is 5.71. The molecule has 0 saturated carbocycles. The van der Waals surface area contributed by atoms with Crippen molar-refractivity contribution in [1.82, 2.24) is 0 Å². The standard InChI is InChI=1S/C19H22N2O2/c1-14(12-15-4-6-16(7-5-15)19(22)23)13-20-17-8-10-18(11-9-17)21(2)3/h4-12,20H,13H2,1-3H3,(H,22,23). The van der Waals surface area contributed by atoms with Gasteiger partial charge in [0, 0.05) is 32.0 Å². The molecule has 23 heavy (non-hydrogen) atoms. The highest BCUT2D eigenvalue weighted by molar-refractivity contribution is 5.87. The Bertz CT molecular complexity index is 686. The molecule has 0 aliphatic carbocycles. The molecule has 0 saturated heterocycles. The largest absolute Gasteiger partial charge is 0.478 e. The van der Waals surface area contributed by atoms with Crippen molar-refractivity contribution in [2.75, 3.05) is 30.9 Å². The Hall–Kier alpha value is -2.75. The molecule has 120 valence electrons. The van der Waals surface area contributed by atoms with Crippen molar-refractivity contribution in [3.63, 3.8) is 0 Å². The summed E-state index contributed by atoms with van der Waals surface area (Å²) >= 11 is 0. The van der Waals surface area contributed by atoms with Crippen LogP contribution in [0.4, 0.5) is 11.4 Å². The number of carbonyl (C=O) groups is 1. The third-order valence-electron chi connectivity index (χ3n) is 3.53. The first kappa shape index (κ1) is 16.6. The van der Waals surface area contributed by atoms with Gasteiger partial charge >= 0.3 is 5.97 Å². The lowest BCUT2D eigenvalue weighted by atomic mass is 10.1. The highest BCUT2D eigenvalue weighted by atomic mass is 16.4. The van der Waals surface area contributed by atoms with E-state index >= 15 is 0 Å². The number of carboxylic acids is 1. The maximum absolute atomic E-state index is 10.8.